The lowest BCUT2D eigenvalue weighted by molar-refractivity contribution is 0.369. The van der Waals surface area contributed by atoms with Crippen molar-refractivity contribution < 1.29 is 4.39 Å². The van der Waals surface area contributed by atoms with Gasteiger partial charge < -0.3 is 16.0 Å². The minimum Gasteiger partial charge on any atom is -0.398 e. The second-order valence-electron chi connectivity index (χ2n) is 6.29. The fraction of sp³-hybridized carbons (Fsp3) is 0.438. The molecule has 0 bridgehead atoms. The molecule has 0 aliphatic carbocycles. The van der Waals surface area contributed by atoms with Crippen molar-refractivity contribution in [3.8, 4) is 0 Å². The third kappa shape index (κ3) is 1.95. The minimum absolute atomic E-state index is 0.243. The second-order valence-corrected chi connectivity index (χ2v) is 6.29. The van der Waals surface area contributed by atoms with Crippen LogP contribution >= 0.6 is 0 Å². The van der Waals surface area contributed by atoms with E-state index in [9.17, 15) is 4.39 Å². The number of nitrogen functional groups attached to an aromatic ring is 1. The van der Waals surface area contributed by atoms with E-state index in [1.54, 1.807) is 18.3 Å². The highest BCUT2D eigenvalue weighted by Crippen LogP contribution is 2.40. The molecule has 2 aromatic rings. The fourth-order valence-electron chi connectivity index (χ4n) is 3.76. The van der Waals surface area contributed by atoms with Crippen molar-refractivity contribution in [3.63, 3.8) is 0 Å². The normalized spacial score (nSPS) is 25.3. The molecule has 1 aromatic carbocycles. The molecule has 0 saturated carbocycles. The second kappa shape index (κ2) is 4.56. The number of pyridine rings is 1. The molecule has 2 aliphatic rings. The molecule has 2 fully saturated rings. The first-order valence-electron chi connectivity index (χ1n) is 7.47. The molecule has 2 aliphatic heterocycles. The number of halogens is 1. The van der Waals surface area contributed by atoms with Crippen molar-refractivity contribution in [1.82, 2.24) is 10.3 Å². The average Bonchev–Trinajstić information content (AvgIpc) is 3.13. The summed E-state index contributed by atoms with van der Waals surface area (Å²) in [5.41, 5.74) is 6.92. The smallest absolute Gasteiger partial charge is 0.139 e. The molecule has 3 heterocycles. The number of nitrogens with two attached hydrogens (primary N) is 1. The molecule has 1 spiro atoms. The molecule has 2 saturated heterocycles. The highest BCUT2D eigenvalue weighted by atomic mass is 19.1. The van der Waals surface area contributed by atoms with Crippen LogP contribution in [0.25, 0.3) is 10.8 Å². The summed E-state index contributed by atoms with van der Waals surface area (Å²) in [7, 11) is 0. The Balaban J connectivity index is 1.79. The number of fused-ring (bicyclic) bond motifs is 1. The van der Waals surface area contributed by atoms with E-state index >= 15 is 0 Å². The van der Waals surface area contributed by atoms with Gasteiger partial charge in [0.1, 0.15) is 11.6 Å². The van der Waals surface area contributed by atoms with Gasteiger partial charge in [-0.3, -0.25) is 0 Å². The van der Waals surface area contributed by atoms with Gasteiger partial charge in [-0.1, -0.05) is 0 Å². The van der Waals surface area contributed by atoms with E-state index in [1.165, 1.54) is 12.5 Å². The summed E-state index contributed by atoms with van der Waals surface area (Å²) in [4.78, 5) is 6.68. The molecule has 1 atom stereocenters. The minimum atomic E-state index is -0.243. The van der Waals surface area contributed by atoms with Crippen molar-refractivity contribution in [2.45, 2.75) is 12.8 Å². The van der Waals surface area contributed by atoms with Crippen LogP contribution in [-0.2, 0) is 0 Å². The van der Waals surface area contributed by atoms with Gasteiger partial charge in [0.2, 0.25) is 0 Å². The topological polar surface area (TPSA) is 54.2 Å². The zero-order valence-electron chi connectivity index (χ0n) is 11.9. The molecular formula is C16H19FN4. The first-order chi connectivity index (χ1) is 10.2. The lowest BCUT2D eigenvalue weighted by Crippen LogP contribution is -2.29. The van der Waals surface area contributed by atoms with Gasteiger partial charge in [-0.15, -0.1) is 0 Å². The van der Waals surface area contributed by atoms with Gasteiger partial charge >= 0.3 is 0 Å². The lowest BCUT2D eigenvalue weighted by atomic mass is 9.86. The Labute approximate surface area is 123 Å². The van der Waals surface area contributed by atoms with Crippen LogP contribution in [0, 0.1) is 11.2 Å². The predicted octanol–water partition coefficient (Wildman–Crippen LogP) is 2.15. The molecule has 5 heteroatoms. The molecule has 3 N–H and O–H groups in total. The van der Waals surface area contributed by atoms with Crippen molar-refractivity contribution in [3.05, 3.63) is 30.2 Å². The van der Waals surface area contributed by atoms with Gasteiger partial charge in [-0.2, -0.15) is 0 Å². The van der Waals surface area contributed by atoms with Gasteiger partial charge in [0.15, 0.2) is 0 Å². The third-order valence-electron chi connectivity index (χ3n) is 4.96. The van der Waals surface area contributed by atoms with E-state index in [2.05, 4.69) is 15.2 Å². The summed E-state index contributed by atoms with van der Waals surface area (Å²) < 4.78 is 14.3. The average molecular weight is 286 g/mol. The van der Waals surface area contributed by atoms with Gasteiger partial charge in [-0.25, -0.2) is 9.37 Å². The van der Waals surface area contributed by atoms with E-state index in [0.717, 1.165) is 43.8 Å². The van der Waals surface area contributed by atoms with E-state index in [0.29, 0.717) is 16.5 Å². The van der Waals surface area contributed by atoms with Crippen LogP contribution in [0.3, 0.4) is 0 Å². The van der Waals surface area contributed by atoms with Crippen molar-refractivity contribution in [2.75, 3.05) is 36.8 Å². The SMILES string of the molecule is Nc1ccc(F)c2c(N3CCC4(CCNC4)C3)nccc12. The van der Waals surface area contributed by atoms with Crippen LogP contribution in [-0.4, -0.2) is 31.2 Å². The van der Waals surface area contributed by atoms with E-state index in [4.69, 9.17) is 5.73 Å². The first kappa shape index (κ1) is 12.8. The Morgan fingerprint density at radius 3 is 3.00 bits per heavy atom. The molecule has 1 unspecified atom stereocenters. The highest BCUT2D eigenvalue weighted by Gasteiger charge is 2.41. The summed E-state index contributed by atoms with van der Waals surface area (Å²) in [5, 5.41) is 4.75. The Kier molecular flexibility index (Phi) is 2.79. The molecular weight excluding hydrogens is 267 g/mol. The number of aromatic nitrogens is 1. The molecule has 4 rings (SSSR count). The summed E-state index contributed by atoms with van der Waals surface area (Å²) in [6.07, 6.45) is 4.06. The third-order valence-corrected chi connectivity index (χ3v) is 4.96. The zero-order valence-corrected chi connectivity index (χ0v) is 11.9. The molecule has 21 heavy (non-hydrogen) atoms. The van der Waals surface area contributed by atoms with E-state index in [1.807, 2.05) is 0 Å². The Hall–Kier alpha value is -1.88. The number of rotatable bonds is 1. The Morgan fingerprint density at radius 1 is 1.29 bits per heavy atom. The van der Waals surface area contributed by atoms with Gasteiger partial charge in [0.25, 0.3) is 0 Å². The maximum absolute atomic E-state index is 14.3. The molecule has 0 radical (unpaired) electrons. The summed E-state index contributed by atoms with van der Waals surface area (Å²) >= 11 is 0. The van der Waals surface area contributed by atoms with Crippen molar-refractivity contribution in [1.29, 1.82) is 0 Å². The molecule has 0 amide bonds. The number of nitrogens with zero attached hydrogens (tertiary/aromatic N) is 2. The summed E-state index contributed by atoms with van der Waals surface area (Å²) in [6, 6.07) is 4.85. The van der Waals surface area contributed by atoms with Crippen molar-refractivity contribution in [2.24, 2.45) is 5.41 Å². The van der Waals surface area contributed by atoms with Gasteiger partial charge in [-0.05, 0) is 37.6 Å². The van der Waals surface area contributed by atoms with Crippen LogP contribution in [0.4, 0.5) is 15.9 Å². The number of hydrogen-bond donors (Lipinski definition) is 2. The summed E-state index contributed by atoms with van der Waals surface area (Å²) in [6.45, 7) is 4.01. The highest BCUT2D eigenvalue weighted by molar-refractivity contribution is 5.99. The number of nitrogens with one attached hydrogen (secondary N) is 1. The fourth-order valence-corrected chi connectivity index (χ4v) is 3.76. The van der Waals surface area contributed by atoms with Crippen LogP contribution in [0.15, 0.2) is 24.4 Å². The molecule has 1 aromatic heterocycles. The van der Waals surface area contributed by atoms with Crippen LogP contribution < -0.4 is 16.0 Å². The van der Waals surface area contributed by atoms with Crippen LogP contribution in [0.1, 0.15) is 12.8 Å². The monoisotopic (exact) mass is 286 g/mol. The van der Waals surface area contributed by atoms with Gasteiger partial charge in [0.05, 0.1) is 5.39 Å². The van der Waals surface area contributed by atoms with Gasteiger partial charge in [0, 0.05) is 42.3 Å². The molecule has 4 nitrogen and oxygen atoms in total. The quantitative estimate of drug-likeness (QED) is 0.789. The van der Waals surface area contributed by atoms with Crippen LogP contribution in [0.2, 0.25) is 0 Å². The lowest BCUT2D eigenvalue weighted by Gasteiger charge is -2.24. The number of anilines is 2. The van der Waals surface area contributed by atoms with E-state index in [-0.39, 0.29) is 5.82 Å². The van der Waals surface area contributed by atoms with Crippen molar-refractivity contribution >= 4 is 22.3 Å². The maximum atomic E-state index is 14.3. The number of hydrogen-bond acceptors (Lipinski definition) is 4. The Morgan fingerprint density at radius 2 is 2.19 bits per heavy atom. The Bertz CT molecular complexity index is 694. The van der Waals surface area contributed by atoms with Crippen LogP contribution in [0.5, 0.6) is 0 Å². The number of benzene rings is 1. The zero-order chi connectivity index (χ0) is 14.4. The first-order valence-corrected chi connectivity index (χ1v) is 7.47. The summed E-state index contributed by atoms with van der Waals surface area (Å²) in [5.74, 6) is 0.494. The standard InChI is InChI=1S/C16H19FN4/c17-12-1-2-13(18)11-3-6-20-15(14(11)12)21-8-5-16(10-21)4-7-19-9-16/h1-3,6,19H,4-5,7-10,18H2. The largest absolute Gasteiger partial charge is 0.398 e. The predicted molar refractivity (Wildman–Crippen MR) is 82.9 cm³/mol. The maximum Gasteiger partial charge on any atom is 0.139 e. The van der Waals surface area contributed by atoms with E-state index < -0.39 is 0 Å². The molecule has 110 valence electrons.